The fraction of sp³-hybridized carbons (Fsp3) is 0.167. The molecule has 13 heteroatoms. The Kier molecular flexibility index (Phi) is 8.39. The molecule has 1 heterocycles. The maximum Gasteiger partial charge on any atom is 0.258 e. The lowest BCUT2D eigenvalue weighted by Crippen LogP contribution is -2.47. The molecule has 3 aromatic rings. The van der Waals surface area contributed by atoms with Crippen LogP contribution in [0.25, 0.3) is 0 Å². The Morgan fingerprint density at radius 3 is 1.97 bits per heavy atom. The number of anilines is 3. The van der Waals surface area contributed by atoms with Gasteiger partial charge in [0.05, 0.1) is 10.6 Å². The van der Waals surface area contributed by atoms with E-state index in [1.807, 2.05) is 4.90 Å². The Hall–Kier alpha value is -2.71. The van der Waals surface area contributed by atoms with Crippen LogP contribution in [0.5, 0.6) is 0 Å². The Morgan fingerprint density at radius 1 is 0.838 bits per heavy atom. The second kappa shape index (κ2) is 11.4. The van der Waals surface area contributed by atoms with E-state index in [0.717, 1.165) is 14.2 Å². The van der Waals surface area contributed by atoms with Gasteiger partial charge < -0.3 is 15.1 Å². The van der Waals surface area contributed by atoms with E-state index in [1.54, 1.807) is 42.5 Å². The van der Waals surface area contributed by atoms with Crippen LogP contribution < -0.4 is 20.4 Å². The zero-order chi connectivity index (χ0) is 26.9. The number of piperazine rings is 1. The van der Waals surface area contributed by atoms with Crippen molar-refractivity contribution in [3.8, 4) is 0 Å². The first-order chi connectivity index (χ1) is 17.6. The number of nitrogens with zero attached hydrogens (tertiary/aromatic N) is 2. The van der Waals surface area contributed by atoms with Gasteiger partial charge in [-0.05, 0) is 77.3 Å². The Bertz CT molecular complexity index is 1340. The van der Waals surface area contributed by atoms with Crippen molar-refractivity contribution in [2.24, 2.45) is 0 Å². The van der Waals surface area contributed by atoms with Crippen LogP contribution in [0.2, 0.25) is 5.02 Å². The number of nitrogens with one attached hydrogen (secondary N) is 2. The summed E-state index contributed by atoms with van der Waals surface area (Å²) in [5.74, 6) is -10.2. The van der Waals surface area contributed by atoms with Crippen LogP contribution >= 0.6 is 46.4 Å². The molecule has 3 aromatic carbocycles. The Balaban J connectivity index is 1.35. The third-order valence-corrected chi connectivity index (χ3v) is 6.88. The highest BCUT2D eigenvalue weighted by Gasteiger charge is 2.30. The molecule has 0 unspecified atom stereocenters. The summed E-state index contributed by atoms with van der Waals surface area (Å²) in [6.07, 6.45) is 0. The quantitative estimate of drug-likeness (QED) is 0.116. The molecule has 1 fully saturated rings. The summed E-state index contributed by atoms with van der Waals surface area (Å²) < 4.78 is 69.6. The minimum atomic E-state index is -2.18. The summed E-state index contributed by atoms with van der Waals surface area (Å²) >= 11 is 13.4. The third-order valence-electron chi connectivity index (χ3n) is 5.67. The molecule has 5 nitrogen and oxygen atoms in total. The molecular formula is C24H17ClF5IN4OS. The standard InChI is InChI=1S/C24H17ClF5IN4OS/c25-16-6-1-12(31)11-15(16)23(36)33-24(37)32-13-2-4-14(5-3-13)34-7-9-35(10-8-34)22-20(29)18(27)17(26)19(28)21(22)30/h1-6,11H,7-10H2,(H2,32,33,36,37). The molecular weight excluding hydrogens is 650 g/mol. The first kappa shape index (κ1) is 27.3. The first-order valence-electron chi connectivity index (χ1n) is 10.8. The van der Waals surface area contributed by atoms with Crippen molar-refractivity contribution < 1.29 is 26.7 Å². The molecule has 37 heavy (non-hydrogen) atoms. The smallest absolute Gasteiger partial charge is 0.258 e. The summed E-state index contributed by atoms with van der Waals surface area (Å²) in [5.41, 5.74) is 0.752. The number of amides is 1. The van der Waals surface area contributed by atoms with Crippen LogP contribution in [-0.4, -0.2) is 37.2 Å². The van der Waals surface area contributed by atoms with E-state index in [9.17, 15) is 26.7 Å². The summed E-state index contributed by atoms with van der Waals surface area (Å²) in [7, 11) is 0. The molecule has 1 aliphatic rings. The zero-order valence-corrected chi connectivity index (χ0v) is 22.5. The van der Waals surface area contributed by atoms with E-state index in [1.165, 1.54) is 0 Å². The molecule has 0 aromatic heterocycles. The summed E-state index contributed by atoms with van der Waals surface area (Å²) in [6, 6.07) is 12.0. The highest BCUT2D eigenvalue weighted by Crippen LogP contribution is 2.31. The zero-order valence-electron chi connectivity index (χ0n) is 18.7. The van der Waals surface area contributed by atoms with Gasteiger partial charge in [-0.25, -0.2) is 22.0 Å². The number of thiocarbonyl (C=S) groups is 1. The van der Waals surface area contributed by atoms with Gasteiger partial charge in [0.1, 0.15) is 5.69 Å². The molecule has 1 aliphatic heterocycles. The Morgan fingerprint density at radius 2 is 1.38 bits per heavy atom. The topological polar surface area (TPSA) is 47.6 Å². The maximum atomic E-state index is 14.1. The van der Waals surface area contributed by atoms with Crippen LogP contribution in [-0.2, 0) is 0 Å². The highest BCUT2D eigenvalue weighted by atomic mass is 127. The van der Waals surface area contributed by atoms with Gasteiger partial charge in [-0.1, -0.05) is 11.6 Å². The van der Waals surface area contributed by atoms with Gasteiger partial charge in [-0.3, -0.25) is 10.1 Å². The number of carbonyl (C=O) groups is 1. The minimum Gasteiger partial charge on any atom is -0.368 e. The second-order valence-electron chi connectivity index (χ2n) is 7.97. The van der Waals surface area contributed by atoms with Crippen LogP contribution in [0.1, 0.15) is 10.4 Å². The van der Waals surface area contributed by atoms with Crippen molar-refractivity contribution in [3.05, 3.63) is 85.7 Å². The average Bonchev–Trinajstić information content (AvgIpc) is 2.88. The number of rotatable bonds is 4. The molecule has 0 atom stereocenters. The summed E-state index contributed by atoms with van der Waals surface area (Å²) in [6.45, 7) is 0.680. The predicted octanol–water partition coefficient (Wildman–Crippen LogP) is 6.09. The largest absolute Gasteiger partial charge is 0.368 e. The van der Waals surface area contributed by atoms with E-state index in [-0.39, 0.29) is 36.9 Å². The number of benzene rings is 3. The number of hydrogen-bond donors (Lipinski definition) is 2. The van der Waals surface area contributed by atoms with Crippen molar-refractivity contribution in [1.82, 2.24) is 5.32 Å². The van der Waals surface area contributed by atoms with Gasteiger partial charge in [0.2, 0.25) is 5.82 Å². The van der Waals surface area contributed by atoms with Gasteiger partial charge >= 0.3 is 0 Å². The lowest BCUT2D eigenvalue weighted by molar-refractivity contribution is 0.0978. The van der Waals surface area contributed by atoms with Crippen LogP contribution in [0, 0.1) is 32.7 Å². The molecule has 1 amide bonds. The van der Waals surface area contributed by atoms with Crippen molar-refractivity contribution in [3.63, 3.8) is 0 Å². The number of hydrogen-bond acceptors (Lipinski definition) is 4. The fourth-order valence-electron chi connectivity index (χ4n) is 3.82. The molecule has 0 spiro atoms. The van der Waals surface area contributed by atoms with Gasteiger partial charge in [0.25, 0.3) is 5.91 Å². The van der Waals surface area contributed by atoms with Gasteiger partial charge in [0, 0.05) is 41.1 Å². The first-order valence-corrected chi connectivity index (χ1v) is 12.6. The molecule has 194 valence electrons. The highest BCUT2D eigenvalue weighted by molar-refractivity contribution is 14.1. The molecule has 0 aliphatic carbocycles. The third kappa shape index (κ3) is 5.91. The van der Waals surface area contributed by atoms with E-state index >= 15 is 0 Å². The number of halogens is 7. The van der Waals surface area contributed by atoms with E-state index < -0.39 is 40.7 Å². The average molecular weight is 667 g/mol. The maximum absolute atomic E-state index is 14.1. The van der Waals surface area contributed by atoms with Crippen molar-refractivity contribution in [2.75, 3.05) is 41.3 Å². The fourth-order valence-corrected chi connectivity index (χ4v) is 4.72. The van der Waals surface area contributed by atoms with Gasteiger partial charge in [-0.2, -0.15) is 0 Å². The van der Waals surface area contributed by atoms with Gasteiger partial charge in [0.15, 0.2) is 28.4 Å². The molecule has 0 saturated carbocycles. The van der Waals surface area contributed by atoms with Crippen LogP contribution in [0.15, 0.2) is 42.5 Å². The Labute approximate surface area is 232 Å². The van der Waals surface area contributed by atoms with Crippen molar-refractivity contribution >= 4 is 74.5 Å². The van der Waals surface area contributed by atoms with Crippen LogP contribution in [0.4, 0.5) is 39.0 Å². The van der Waals surface area contributed by atoms with Crippen LogP contribution in [0.3, 0.4) is 0 Å². The van der Waals surface area contributed by atoms with Crippen molar-refractivity contribution in [2.45, 2.75) is 0 Å². The summed E-state index contributed by atoms with van der Waals surface area (Å²) in [5, 5.41) is 5.85. The number of carbonyl (C=O) groups excluding carboxylic acids is 1. The molecule has 0 radical (unpaired) electrons. The second-order valence-corrected chi connectivity index (χ2v) is 10.0. The lowest BCUT2D eigenvalue weighted by Gasteiger charge is -2.37. The molecule has 0 bridgehead atoms. The predicted molar refractivity (Wildman–Crippen MR) is 145 cm³/mol. The summed E-state index contributed by atoms with van der Waals surface area (Å²) in [4.78, 5) is 15.5. The van der Waals surface area contributed by atoms with E-state index in [2.05, 4.69) is 33.2 Å². The SMILES string of the molecule is O=C(NC(=S)Nc1ccc(N2CCN(c3c(F)c(F)c(F)c(F)c3F)CC2)cc1)c1cc(I)ccc1Cl. The van der Waals surface area contributed by atoms with E-state index in [4.69, 9.17) is 23.8 Å². The molecule has 2 N–H and O–H groups in total. The monoisotopic (exact) mass is 666 g/mol. The molecule has 4 rings (SSSR count). The molecule has 1 saturated heterocycles. The lowest BCUT2D eigenvalue weighted by atomic mass is 10.2. The van der Waals surface area contributed by atoms with Crippen molar-refractivity contribution in [1.29, 1.82) is 0 Å². The normalized spacial score (nSPS) is 13.5. The van der Waals surface area contributed by atoms with E-state index in [0.29, 0.717) is 10.7 Å². The van der Waals surface area contributed by atoms with Gasteiger partial charge in [-0.15, -0.1) is 0 Å². The minimum absolute atomic E-state index is 0.0510.